The molecule has 0 unspecified atom stereocenters. The van der Waals surface area contributed by atoms with E-state index >= 15 is 0 Å². The topological polar surface area (TPSA) is 102 Å². The fraction of sp³-hybridized carbons (Fsp3) is 0.100. The molecule has 4 aromatic rings. The van der Waals surface area contributed by atoms with Gasteiger partial charge in [0.05, 0.1) is 23.7 Å². The number of methoxy groups -OCH3 is 1. The molecule has 158 valence electrons. The molecular weight excluding hydrogens is 461 g/mol. The van der Waals surface area contributed by atoms with Crippen molar-refractivity contribution in [2.24, 2.45) is 0 Å². The number of halogens is 2. The molecule has 0 aliphatic rings. The Morgan fingerprint density at radius 3 is 2.65 bits per heavy atom. The van der Waals surface area contributed by atoms with Crippen LogP contribution in [0.4, 0.5) is 11.6 Å². The second-order valence-corrected chi connectivity index (χ2v) is 8.06. The molecule has 31 heavy (non-hydrogen) atoms. The van der Waals surface area contributed by atoms with Crippen LogP contribution >= 0.6 is 34.5 Å². The highest BCUT2D eigenvalue weighted by molar-refractivity contribution is 7.13. The zero-order valence-electron chi connectivity index (χ0n) is 16.0. The summed E-state index contributed by atoms with van der Waals surface area (Å²) >= 11 is 13.5. The van der Waals surface area contributed by atoms with Gasteiger partial charge < -0.3 is 15.2 Å². The third-order valence-electron chi connectivity index (χ3n) is 4.35. The van der Waals surface area contributed by atoms with Crippen molar-refractivity contribution in [3.05, 3.63) is 69.1 Å². The van der Waals surface area contributed by atoms with Crippen molar-refractivity contribution < 1.29 is 14.6 Å². The fourth-order valence-corrected chi connectivity index (χ4v) is 3.86. The normalized spacial score (nSPS) is 10.8. The average molecular weight is 476 g/mol. The van der Waals surface area contributed by atoms with Crippen LogP contribution in [0.2, 0.25) is 10.0 Å². The first-order chi connectivity index (χ1) is 14.9. The molecule has 11 heteroatoms. The Morgan fingerprint density at radius 1 is 1.19 bits per heavy atom. The third-order valence-corrected chi connectivity index (χ3v) is 5.98. The summed E-state index contributed by atoms with van der Waals surface area (Å²) in [6.07, 6.45) is 0. The molecule has 0 saturated heterocycles. The maximum absolute atomic E-state index is 11.6. The number of hydrogen-bond donors (Lipinski definition) is 2. The highest BCUT2D eigenvalue weighted by Crippen LogP contribution is 2.32. The largest absolute Gasteiger partial charge is 0.497 e. The van der Waals surface area contributed by atoms with Crippen molar-refractivity contribution in [3.63, 3.8) is 0 Å². The number of nitrogens with zero attached hydrogens (tertiary/aromatic N) is 4. The summed E-state index contributed by atoms with van der Waals surface area (Å²) < 4.78 is 6.64. The molecule has 2 aromatic carbocycles. The number of aromatic nitrogens is 4. The second-order valence-electron chi connectivity index (χ2n) is 6.39. The maximum atomic E-state index is 11.6. The predicted octanol–water partition coefficient (Wildman–Crippen LogP) is 5.21. The van der Waals surface area contributed by atoms with Gasteiger partial charge in [-0.25, -0.2) is 14.5 Å². The van der Waals surface area contributed by atoms with E-state index in [0.29, 0.717) is 27.4 Å². The molecule has 0 bridgehead atoms. The van der Waals surface area contributed by atoms with Gasteiger partial charge in [0.25, 0.3) is 0 Å². The van der Waals surface area contributed by atoms with Gasteiger partial charge in [0.1, 0.15) is 16.6 Å². The van der Waals surface area contributed by atoms with Crippen LogP contribution in [0.1, 0.15) is 16.1 Å². The predicted molar refractivity (Wildman–Crippen MR) is 120 cm³/mol. The summed E-state index contributed by atoms with van der Waals surface area (Å²) in [7, 11) is 1.59. The molecule has 0 amide bonds. The molecule has 0 aliphatic heterocycles. The highest BCUT2D eigenvalue weighted by Gasteiger charge is 2.20. The van der Waals surface area contributed by atoms with Crippen molar-refractivity contribution in [3.8, 4) is 16.3 Å². The van der Waals surface area contributed by atoms with Crippen molar-refractivity contribution in [2.75, 3.05) is 12.4 Å². The van der Waals surface area contributed by atoms with Gasteiger partial charge in [-0.1, -0.05) is 46.6 Å². The van der Waals surface area contributed by atoms with E-state index in [1.54, 1.807) is 24.6 Å². The Kier molecular flexibility index (Phi) is 6.08. The average Bonchev–Trinajstić information content (AvgIpc) is 3.38. The van der Waals surface area contributed by atoms with Crippen molar-refractivity contribution >= 4 is 52.1 Å². The number of hydrogen-bond acceptors (Lipinski definition) is 7. The molecule has 4 rings (SSSR count). The third kappa shape index (κ3) is 4.63. The lowest BCUT2D eigenvalue weighted by Crippen LogP contribution is -2.09. The quantitative estimate of drug-likeness (QED) is 0.378. The molecule has 0 spiro atoms. The first-order valence-electron chi connectivity index (χ1n) is 8.92. The van der Waals surface area contributed by atoms with Crippen molar-refractivity contribution in [1.29, 1.82) is 0 Å². The Morgan fingerprint density at radius 2 is 1.97 bits per heavy atom. The Labute approximate surface area is 191 Å². The zero-order valence-corrected chi connectivity index (χ0v) is 18.4. The molecule has 0 atom stereocenters. The van der Waals surface area contributed by atoms with Gasteiger partial charge in [0, 0.05) is 10.9 Å². The lowest BCUT2D eigenvalue weighted by molar-refractivity contribution is 0.0691. The summed E-state index contributed by atoms with van der Waals surface area (Å²) in [4.78, 5) is 16.2. The van der Waals surface area contributed by atoms with Crippen LogP contribution in [0.5, 0.6) is 5.75 Å². The number of aromatic carboxylic acids is 1. The number of rotatable bonds is 7. The van der Waals surface area contributed by atoms with Crippen LogP contribution in [0.25, 0.3) is 10.6 Å². The van der Waals surface area contributed by atoms with Crippen LogP contribution in [0.3, 0.4) is 0 Å². The summed E-state index contributed by atoms with van der Waals surface area (Å²) in [6, 6.07) is 12.6. The molecular formula is C20H15Cl2N5O3S. The number of carboxylic acids is 1. The van der Waals surface area contributed by atoms with Crippen LogP contribution < -0.4 is 10.1 Å². The Hall–Kier alpha value is -3.14. The molecule has 0 aliphatic carbocycles. The molecule has 2 N–H and O–H groups in total. The minimum Gasteiger partial charge on any atom is -0.497 e. The van der Waals surface area contributed by atoms with E-state index in [0.717, 1.165) is 16.9 Å². The summed E-state index contributed by atoms with van der Waals surface area (Å²) in [5.74, 6) is 0.230. The lowest BCUT2D eigenvalue weighted by atomic mass is 10.2. The van der Waals surface area contributed by atoms with E-state index in [2.05, 4.69) is 20.6 Å². The smallest absolute Gasteiger partial charge is 0.360 e. The molecule has 0 radical (unpaired) electrons. The van der Waals surface area contributed by atoms with Crippen LogP contribution in [-0.2, 0) is 6.54 Å². The van der Waals surface area contributed by atoms with Gasteiger partial charge in [-0.3, -0.25) is 0 Å². The van der Waals surface area contributed by atoms with Gasteiger partial charge in [-0.15, -0.1) is 16.4 Å². The van der Waals surface area contributed by atoms with Crippen molar-refractivity contribution in [1.82, 2.24) is 20.0 Å². The Balaban J connectivity index is 1.61. The van der Waals surface area contributed by atoms with Crippen LogP contribution in [0.15, 0.2) is 47.8 Å². The Bertz CT molecular complexity index is 1240. The molecule has 8 nitrogen and oxygen atoms in total. The zero-order chi connectivity index (χ0) is 22.0. The van der Waals surface area contributed by atoms with Crippen LogP contribution in [0, 0.1) is 0 Å². The minimum absolute atomic E-state index is 0.197. The van der Waals surface area contributed by atoms with Gasteiger partial charge in [0.2, 0.25) is 5.69 Å². The van der Waals surface area contributed by atoms with Gasteiger partial charge >= 0.3 is 5.97 Å². The maximum Gasteiger partial charge on any atom is 0.360 e. The molecule has 0 saturated carbocycles. The SMILES string of the molecule is COc1ccc(Cn2nnc(C(=O)O)c2Nc2csc(-c3ccc(Cl)c(Cl)c3)n2)cc1. The van der Waals surface area contributed by atoms with Gasteiger partial charge in [0.15, 0.2) is 5.82 Å². The number of carboxylic acid groups (broad SMARTS) is 1. The molecule has 2 aromatic heterocycles. The lowest BCUT2D eigenvalue weighted by Gasteiger charge is -2.08. The highest BCUT2D eigenvalue weighted by atomic mass is 35.5. The molecule has 2 heterocycles. The van der Waals surface area contributed by atoms with E-state index in [1.165, 1.54) is 16.0 Å². The fourth-order valence-electron chi connectivity index (χ4n) is 2.81. The number of benzene rings is 2. The first-order valence-corrected chi connectivity index (χ1v) is 10.6. The van der Waals surface area contributed by atoms with Gasteiger partial charge in [-0.2, -0.15) is 0 Å². The monoisotopic (exact) mass is 475 g/mol. The summed E-state index contributed by atoms with van der Waals surface area (Å²) in [6.45, 7) is 0.316. The van der Waals surface area contributed by atoms with E-state index in [-0.39, 0.29) is 11.5 Å². The number of anilines is 2. The summed E-state index contributed by atoms with van der Waals surface area (Å²) in [5, 5.41) is 23.7. The second kappa shape index (κ2) is 8.93. The minimum atomic E-state index is -1.19. The number of thiazole rings is 1. The van der Waals surface area contributed by atoms with E-state index in [9.17, 15) is 9.90 Å². The first kappa shape index (κ1) is 21.1. The van der Waals surface area contributed by atoms with E-state index < -0.39 is 5.97 Å². The number of carbonyl (C=O) groups is 1. The van der Waals surface area contributed by atoms with Crippen molar-refractivity contribution in [2.45, 2.75) is 6.54 Å². The van der Waals surface area contributed by atoms with Gasteiger partial charge in [-0.05, 0) is 29.8 Å². The standard InChI is InChI=1S/C20H15Cl2N5O3S/c1-30-13-5-2-11(3-6-13)9-27-18(17(20(28)29)25-26-27)23-16-10-31-19(24-16)12-4-7-14(21)15(22)8-12/h2-8,10,23H,9H2,1H3,(H,28,29). The summed E-state index contributed by atoms with van der Waals surface area (Å²) in [5.41, 5.74) is 1.51. The molecule has 0 fully saturated rings. The van der Waals surface area contributed by atoms with E-state index in [1.807, 2.05) is 30.3 Å². The van der Waals surface area contributed by atoms with E-state index in [4.69, 9.17) is 27.9 Å². The van der Waals surface area contributed by atoms with Crippen LogP contribution in [-0.4, -0.2) is 38.2 Å². The number of nitrogens with one attached hydrogen (secondary N) is 1. The number of ether oxygens (including phenoxy) is 1.